The van der Waals surface area contributed by atoms with Crippen molar-refractivity contribution in [2.45, 2.75) is 18.2 Å². The second kappa shape index (κ2) is 10.3. The van der Waals surface area contributed by atoms with Crippen LogP contribution in [0.5, 0.6) is 5.75 Å². The van der Waals surface area contributed by atoms with Crippen molar-refractivity contribution in [2.75, 3.05) is 16.9 Å². The second-order valence-electron chi connectivity index (χ2n) is 10.7. The number of methoxy groups -OCH3 is 1. The summed E-state index contributed by atoms with van der Waals surface area (Å²) < 4.78 is 11.6. The predicted molar refractivity (Wildman–Crippen MR) is 159 cm³/mol. The lowest BCUT2D eigenvalue weighted by molar-refractivity contribution is -0.151. The molecule has 4 aromatic rings. The maximum Gasteiger partial charge on any atom is 0.330 e. The van der Waals surface area contributed by atoms with Gasteiger partial charge in [0, 0.05) is 5.69 Å². The topological polar surface area (TPSA) is 76.1 Å². The van der Waals surface area contributed by atoms with Gasteiger partial charge in [-0.1, -0.05) is 91.0 Å². The fourth-order valence-corrected chi connectivity index (χ4v) is 6.54. The number of hydrogen-bond acceptors (Lipinski definition) is 6. The Morgan fingerprint density at radius 1 is 0.738 bits per heavy atom. The number of fused-ring (bicyclic) bond motifs is 5. The first-order valence-electron chi connectivity index (χ1n) is 13.9. The number of imide groups is 1. The molecule has 0 bridgehead atoms. The van der Waals surface area contributed by atoms with Crippen LogP contribution in [0.4, 0.5) is 11.4 Å². The molecule has 0 spiro atoms. The first-order valence-corrected chi connectivity index (χ1v) is 13.9. The van der Waals surface area contributed by atoms with Gasteiger partial charge >= 0.3 is 5.97 Å². The average Bonchev–Trinajstić information content (AvgIpc) is 3.53. The van der Waals surface area contributed by atoms with Gasteiger partial charge in [-0.05, 0) is 47.0 Å². The third-order valence-electron chi connectivity index (χ3n) is 8.43. The minimum Gasteiger partial charge on any atom is -0.497 e. The van der Waals surface area contributed by atoms with E-state index in [1.165, 1.54) is 4.90 Å². The number of hydrogen-bond donors (Lipinski definition) is 0. The van der Waals surface area contributed by atoms with Crippen LogP contribution in [0, 0.1) is 11.8 Å². The summed E-state index contributed by atoms with van der Waals surface area (Å²) in [5.74, 6) is -2.33. The molecule has 0 aliphatic carbocycles. The molecule has 7 nitrogen and oxygen atoms in total. The van der Waals surface area contributed by atoms with Gasteiger partial charge in [0.2, 0.25) is 11.8 Å². The van der Waals surface area contributed by atoms with Crippen molar-refractivity contribution >= 4 is 35.2 Å². The Balaban J connectivity index is 1.31. The number of ether oxygens (including phenoxy) is 2. The molecule has 3 aliphatic rings. The van der Waals surface area contributed by atoms with Crippen LogP contribution in [-0.2, 0) is 19.1 Å². The zero-order valence-corrected chi connectivity index (χ0v) is 22.9. The summed E-state index contributed by atoms with van der Waals surface area (Å²) >= 11 is 0. The van der Waals surface area contributed by atoms with Gasteiger partial charge in [-0.15, -0.1) is 0 Å². The number of para-hydroxylation sites is 1. The molecular formula is C35H28N2O5. The highest BCUT2D eigenvalue weighted by Crippen LogP contribution is 2.50. The van der Waals surface area contributed by atoms with E-state index >= 15 is 0 Å². The molecule has 2 fully saturated rings. The van der Waals surface area contributed by atoms with Crippen LogP contribution in [0.1, 0.15) is 22.8 Å². The minimum atomic E-state index is -0.999. The second-order valence-corrected chi connectivity index (χ2v) is 10.7. The largest absolute Gasteiger partial charge is 0.497 e. The first-order chi connectivity index (χ1) is 20.6. The van der Waals surface area contributed by atoms with Crippen LogP contribution in [0.2, 0.25) is 0 Å². The van der Waals surface area contributed by atoms with Gasteiger partial charge in [-0.25, -0.2) is 9.69 Å². The lowest BCUT2D eigenvalue weighted by atomic mass is 9.88. The fraction of sp³-hybridized carbons (Fsp3) is 0.171. The highest BCUT2D eigenvalue weighted by molar-refractivity contribution is 6.24. The Morgan fingerprint density at radius 2 is 1.33 bits per heavy atom. The lowest BCUT2D eigenvalue weighted by Gasteiger charge is -2.36. The Kier molecular flexibility index (Phi) is 6.35. The first kappa shape index (κ1) is 25.8. The maximum absolute atomic E-state index is 14.4. The van der Waals surface area contributed by atoms with Gasteiger partial charge in [-0.3, -0.25) is 9.59 Å². The van der Waals surface area contributed by atoms with Crippen LogP contribution < -0.4 is 14.5 Å². The van der Waals surface area contributed by atoms with Crippen molar-refractivity contribution in [3.8, 4) is 5.75 Å². The zero-order chi connectivity index (χ0) is 28.8. The molecule has 208 valence electrons. The molecule has 4 aromatic carbocycles. The van der Waals surface area contributed by atoms with E-state index in [-0.39, 0.29) is 5.91 Å². The summed E-state index contributed by atoms with van der Waals surface area (Å²) in [5, 5.41) is 0. The van der Waals surface area contributed by atoms with Gasteiger partial charge in [0.05, 0.1) is 30.7 Å². The van der Waals surface area contributed by atoms with Crippen molar-refractivity contribution in [1.82, 2.24) is 0 Å². The molecule has 7 heteroatoms. The minimum absolute atomic E-state index is 0.327. The number of anilines is 2. The van der Waals surface area contributed by atoms with Crippen molar-refractivity contribution in [1.29, 1.82) is 0 Å². The van der Waals surface area contributed by atoms with E-state index < -0.39 is 41.9 Å². The highest BCUT2D eigenvalue weighted by atomic mass is 16.5. The molecule has 42 heavy (non-hydrogen) atoms. The smallest absolute Gasteiger partial charge is 0.330 e. The van der Waals surface area contributed by atoms with E-state index in [1.54, 1.807) is 31.4 Å². The van der Waals surface area contributed by atoms with E-state index in [9.17, 15) is 14.4 Å². The van der Waals surface area contributed by atoms with Crippen molar-refractivity contribution < 1.29 is 23.9 Å². The SMILES string of the molecule is COc1ccc(N2C(=O)[C@@H]3[C@H](C2=O)[C@@H](C(=O)OC(c2ccccc2)c2ccccc2)N2c4ccccc4C=C[C@H]32)cc1. The van der Waals surface area contributed by atoms with Crippen LogP contribution in [-0.4, -0.2) is 37.0 Å². The number of benzene rings is 4. The molecule has 2 amide bonds. The number of esters is 1. The molecular weight excluding hydrogens is 528 g/mol. The van der Waals surface area contributed by atoms with Gasteiger partial charge < -0.3 is 14.4 Å². The van der Waals surface area contributed by atoms with E-state index in [0.29, 0.717) is 11.4 Å². The Labute approximate surface area is 243 Å². The van der Waals surface area contributed by atoms with Crippen molar-refractivity contribution in [2.24, 2.45) is 11.8 Å². The summed E-state index contributed by atoms with van der Waals surface area (Å²) in [5.41, 5.74) is 3.80. The summed E-state index contributed by atoms with van der Waals surface area (Å²) in [6.45, 7) is 0. The zero-order valence-electron chi connectivity index (χ0n) is 22.9. The van der Waals surface area contributed by atoms with E-state index in [2.05, 4.69) is 0 Å². The Morgan fingerprint density at radius 3 is 1.98 bits per heavy atom. The summed E-state index contributed by atoms with van der Waals surface area (Å²) in [7, 11) is 1.56. The van der Waals surface area contributed by atoms with Crippen LogP contribution in [0.25, 0.3) is 6.08 Å². The summed E-state index contributed by atoms with van der Waals surface area (Å²) in [4.78, 5) is 45.7. The van der Waals surface area contributed by atoms with Crippen molar-refractivity contribution in [3.63, 3.8) is 0 Å². The third-order valence-corrected chi connectivity index (χ3v) is 8.43. The molecule has 0 radical (unpaired) electrons. The molecule has 7 rings (SSSR count). The third kappa shape index (κ3) is 4.08. The lowest BCUT2D eigenvalue weighted by Crippen LogP contribution is -2.49. The van der Waals surface area contributed by atoms with Gasteiger partial charge in [0.15, 0.2) is 6.10 Å². The Hall–Kier alpha value is -5.17. The van der Waals surface area contributed by atoms with Crippen LogP contribution >= 0.6 is 0 Å². The molecule has 4 atom stereocenters. The number of carbonyl (C=O) groups excluding carboxylic acids is 3. The van der Waals surface area contributed by atoms with Crippen molar-refractivity contribution in [3.05, 3.63) is 132 Å². The fourth-order valence-electron chi connectivity index (χ4n) is 6.54. The van der Waals surface area contributed by atoms with E-state index in [4.69, 9.17) is 9.47 Å². The normalized spacial score (nSPS) is 22.1. The molecule has 2 saturated heterocycles. The summed E-state index contributed by atoms with van der Waals surface area (Å²) in [6, 6.07) is 32.1. The summed E-state index contributed by atoms with van der Waals surface area (Å²) in [6.07, 6.45) is 3.21. The van der Waals surface area contributed by atoms with Gasteiger partial charge in [0.25, 0.3) is 0 Å². The van der Waals surface area contributed by atoms with Crippen LogP contribution in [0.15, 0.2) is 115 Å². The average molecular weight is 557 g/mol. The predicted octanol–water partition coefficient (Wildman–Crippen LogP) is 5.42. The molecule has 0 N–H and O–H groups in total. The van der Waals surface area contributed by atoms with Gasteiger partial charge in [-0.2, -0.15) is 0 Å². The number of amides is 2. The standard InChI is InChI=1S/C35H28N2O5/c1-41-26-19-17-25(18-20-26)36-33(38)29-28-21-16-22-10-8-9-15-27(22)37(28)31(30(29)34(36)39)35(40)42-32(23-11-4-2-5-12-23)24-13-6-3-7-14-24/h2-21,28-32H,1H3/t28-,29+,30+,31+/m1/s1. The van der Waals surface area contributed by atoms with Gasteiger partial charge in [0.1, 0.15) is 11.8 Å². The molecule has 3 aliphatic heterocycles. The van der Waals surface area contributed by atoms with Crippen LogP contribution in [0.3, 0.4) is 0 Å². The number of rotatable bonds is 6. The monoisotopic (exact) mass is 556 g/mol. The molecule has 0 aromatic heterocycles. The highest BCUT2D eigenvalue weighted by Gasteiger charge is 2.65. The maximum atomic E-state index is 14.4. The number of nitrogens with zero attached hydrogens (tertiary/aromatic N) is 2. The van der Waals surface area contributed by atoms with E-state index in [0.717, 1.165) is 22.4 Å². The Bertz CT molecular complexity index is 1650. The number of carbonyl (C=O) groups is 3. The van der Waals surface area contributed by atoms with E-state index in [1.807, 2.05) is 102 Å². The molecule has 0 saturated carbocycles. The quantitative estimate of drug-likeness (QED) is 0.233. The molecule has 3 heterocycles. The molecule has 0 unspecified atom stereocenters.